The van der Waals surface area contributed by atoms with Gasteiger partial charge in [0.15, 0.2) is 0 Å². The second-order valence-electron chi connectivity index (χ2n) is 6.68. The number of benzene rings is 1. The van der Waals surface area contributed by atoms with Gasteiger partial charge in [0.2, 0.25) is 5.91 Å². The third kappa shape index (κ3) is 5.94. The van der Waals surface area contributed by atoms with E-state index in [-0.39, 0.29) is 24.3 Å². The molecule has 0 spiro atoms. The molecule has 1 fully saturated rings. The van der Waals surface area contributed by atoms with Crippen molar-refractivity contribution in [3.63, 3.8) is 0 Å². The van der Waals surface area contributed by atoms with Gasteiger partial charge in [0.25, 0.3) is 0 Å². The molecule has 0 radical (unpaired) electrons. The van der Waals surface area contributed by atoms with Gasteiger partial charge in [-0.15, -0.1) is 0 Å². The Hall–Kier alpha value is -1.72. The standard InChI is InChI=1S/C20H30N2O3/c1-2-3-11-22(14-15-23)20(25)19(16-17-7-5-4-6-8-17)21-12-9-18(24)10-13-21/h4-8,19,23H,2-3,9-16H2,1H3. The molecule has 1 atom stereocenters. The van der Waals surface area contributed by atoms with Crippen molar-refractivity contribution in [3.05, 3.63) is 35.9 Å². The van der Waals surface area contributed by atoms with Crippen molar-refractivity contribution in [2.75, 3.05) is 32.8 Å². The van der Waals surface area contributed by atoms with Crippen LogP contribution in [0.2, 0.25) is 0 Å². The van der Waals surface area contributed by atoms with Crippen molar-refractivity contribution in [1.82, 2.24) is 9.80 Å². The third-order valence-corrected chi connectivity index (χ3v) is 4.82. The van der Waals surface area contributed by atoms with Crippen LogP contribution in [0.5, 0.6) is 0 Å². The molecule has 1 aromatic carbocycles. The number of hydrogen-bond acceptors (Lipinski definition) is 4. The van der Waals surface area contributed by atoms with Crippen molar-refractivity contribution in [1.29, 1.82) is 0 Å². The number of likely N-dealkylation sites (tertiary alicyclic amines) is 1. The Morgan fingerprint density at radius 2 is 1.88 bits per heavy atom. The van der Waals surface area contributed by atoms with Crippen molar-refractivity contribution in [2.45, 2.75) is 45.1 Å². The number of hydrogen-bond donors (Lipinski definition) is 1. The Balaban J connectivity index is 2.16. The van der Waals surface area contributed by atoms with Crippen LogP contribution in [0.3, 0.4) is 0 Å². The normalized spacial score (nSPS) is 16.6. The molecule has 1 amide bonds. The second kappa shape index (κ2) is 10.3. The summed E-state index contributed by atoms with van der Waals surface area (Å²) in [4.78, 5) is 28.7. The second-order valence-corrected chi connectivity index (χ2v) is 6.68. The van der Waals surface area contributed by atoms with Crippen LogP contribution in [0.4, 0.5) is 0 Å². The van der Waals surface area contributed by atoms with Crippen LogP contribution in [-0.2, 0) is 16.0 Å². The lowest BCUT2D eigenvalue weighted by Gasteiger charge is -2.36. The lowest BCUT2D eigenvalue weighted by molar-refractivity contribution is -0.139. The number of Topliss-reactive ketones (excluding diaryl/α,β-unsaturated/α-hetero) is 1. The first-order chi connectivity index (χ1) is 12.2. The fourth-order valence-corrected chi connectivity index (χ4v) is 3.31. The zero-order chi connectivity index (χ0) is 18.1. The maximum absolute atomic E-state index is 13.2. The molecular formula is C20H30N2O3. The topological polar surface area (TPSA) is 60.9 Å². The Kier molecular flexibility index (Phi) is 8.09. The van der Waals surface area contributed by atoms with Crippen LogP contribution in [0, 0.1) is 0 Å². The highest BCUT2D eigenvalue weighted by Gasteiger charge is 2.31. The van der Waals surface area contributed by atoms with Crippen LogP contribution < -0.4 is 0 Å². The van der Waals surface area contributed by atoms with Crippen LogP contribution in [-0.4, -0.2) is 65.4 Å². The van der Waals surface area contributed by atoms with Crippen molar-refractivity contribution in [3.8, 4) is 0 Å². The SMILES string of the molecule is CCCCN(CCO)C(=O)C(Cc1ccccc1)N1CCC(=O)CC1. The highest BCUT2D eigenvalue weighted by molar-refractivity contribution is 5.83. The third-order valence-electron chi connectivity index (χ3n) is 4.82. The highest BCUT2D eigenvalue weighted by Crippen LogP contribution is 2.17. The molecule has 1 saturated heterocycles. The largest absolute Gasteiger partial charge is 0.395 e. The summed E-state index contributed by atoms with van der Waals surface area (Å²) in [7, 11) is 0. The molecule has 138 valence electrons. The van der Waals surface area contributed by atoms with Gasteiger partial charge in [-0.2, -0.15) is 0 Å². The lowest BCUT2D eigenvalue weighted by atomic mass is 9.99. The fourth-order valence-electron chi connectivity index (χ4n) is 3.31. The van der Waals surface area contributed by atoms with Gasteiger partial charge < -0.3 is 10.0 Å². The molecular weight excluding hydrogens is 316 g/mol. The molecule has 1 aromatic rings. The van der Waals surface area contributed by atoms with E-state index < -0.39 is 0 Å². The molecule has 1 aliphatic rings. The van der Waals surface area contributed by atoms with E-state index in [9.17, 15) is 14.7 Å². The molecule has 0 saturated carbocycles. The van der Waals surface area contributed by atoms with E-state index >= 15 is 0 Å². The van der Waals surface area contributed by atoms with Gasteiger partial charge in [0.1, 0.15) is 5.78 Å². The van der Waals surface area contributed by atoms with Crippen LogP contribution in [0.25, 0.3) is 0 Å². The maximum Gasteiger partial charge on any atom is 0.240 e. The quantitative estimate of drug-likeness (QED) is 0.742. The molecule has 1 unspecified atom stereocenters. The predicted molar refractivity (Wildman–Crippen MR) is 98.3 cm³/mol. The number of nitrogens with zero attached hydrogens (tertiary/aromatic N) is 2. The monoisotopic (exact) mass is 346 g/mol. The molecule has 0 bridgehead atoms. The summed E-state index contributed by atoms with van der Waals surface area (Å²) >= 11 is 0. The zero-order valence-corrected chi connectivity index (χ0v) is 15.2. The van der Waals surface area contributed by atoms with Crippen LogP contribution in [0.15, 0.2) is 30.3 Å². The van der Waals surface area contributed by atoms with Gasteiger partial charge in [-0.25, -0.2) is 0 Å². The summed E-state index contributed by atoms with van der Waals surface area (Å²) in [5, 5.41) is 9.35. The predicted octanol–water partition coefficient (Wildman–Crippen LogP) is 1.88. The van der Waals surface area contributed by atoms with E-state index in [0.717, 1.165) is 18.4 Å². The minimum Gasteiger partial charge on any atom is -0.395 e. The van der Waals surface area contributed by atoms with Crippen LogP contribution >= 0.6 is 0 Å². The van der Waals surface area contributed by atoms with Crippen LogP contribution in [0.1, 0.15) is 38.2 Å². The first kappa shape index (κ1) is 19.6. The number of carbonyl (C=O) groups is 2. The Morgan fingerprint density at radius 3 is 2.48 bits per heavy atom. The number of rotatable bonds is 9. The molecule has 1 N–H and O–H groups in total. The summed E-state index contributed by atoms with van der Waals surface area (Å²) in [6.07, 6.45) is 3.63. The van der Waals surface area contributed by atoms with Gasteiger partial charge in [0.05, 0.1) is 12.6 Å². The van der Waals surface area contributed by atoms with Gasteiger partial charge in [0, 0.05) is 39.0 Å². The van der Waals surface area contributed by atoms with E-state index in [2.05, 4.69) is 11.8 Å². The van der Waals surface area contributed by atoms with E-state index in [1.54, 1.807) is 4.90 Å². The Morgan fingerprint density at radius 1 is 1.20 bits per heavy atom. The van der Waals surface area contributed by atoms with E-state index in [1.807, 2.05) is 30.3 Å². The lowest BCUT2D eigenvalue weighted by Crippen LogP contribution is -2.53. The molecule has 5 nitrogen and oxygen atoms in total. The molecule has 0 aromatic heterocycles. The minimum absolute atomic E-state index is 0.0218. The van der Waals surface area contributed by atoms with Crippen molar-refractivity contribution in [2.24, 2.45) is 0 Å². The number of ketones is 1. The van der Waals surface area contributed by atoms with Crippen molar-refractivity contribution >= 4 is 11.7 Å². The Bertz CT molecular complexity index is 537. The molecule has 5 heteroatoms. The number of unbranched alkanes of at least 4 members (excludes halogenated alkanes) is 1. The molecule has 2 rings (SSSR count). The zero-order valence-electron chi connectivity index (χ0n) is 15.2. The average molecular weight is 346 g/mol. The Labute approximate surface area is 150 Å². The first-order valence-electron chi connectivity index (χ1n) is 9.35. The number of aliphatic hydroxyl groups excluding tert-OH is 1. The number of carbonyl (C=O) groups excluding carboxylic acids is 2. The van der Waals surface area contributed by atoms with Gasteiger partial charge >= 0.3 is 0 Å². The van der Waals surface area contributed by atoms with Crippen molar-refractivity contribution < 1.29 is 14.7 Å². The van der Waals surface area contributed by atoms with Gasteiger partial charge in [-0.05, 0) is 18.4 Å². The summed E-state index contributed by atoms with van der Waals surface area (Å²) < 4.78 is 0. The van der Waals surface area contributed by atoms with E-state index in [0.29, 0.717) is 45.4 Å². The molecule has 1 aliphatic heterocycles. The van der Waals surface area contributed by atoms with E-state index in [4.69, 9.17) is 0 Å². The van der Waals surface area contributed by atoms with E-state index in [1.165, 1.54) is 0 Å². The van der Waals surface area contributed by atoms with Gasteiger partial charge in [-0.3, -0.25) is 14.5 Å². The highest BCUT2D eigenvalue weighted by atomic mass is 16.3. The number of amides is 1. The molecule has 0 aliphatic carbocycles. The maximum atomic E-state index is 13.2. The minimum atomic E-state index is -0.265. The molecule has 1 heterocycles. The average Bonchev–Trinajstić information content (AvgIpc) is 2.64. The smallest absolute Gasteiger partial charge is 0.240 e. The number of piperidine rings is 1. The summed E-state index contributed by atoms with van der Waals surface area (Å²) in [6, 6.07) is 9.76. The fraction of sp³-hybridized carbons (Fsp3) is 0.600. The summed E-state index contributed by atoms with van der Waals surface area (Å²) in [6.45, 7) is 4.40. The molecule has 25 heavy (non-hydrogen) atoms. The summed E-state index contributed by atoms with van der Waals surface area (Å²) in [5.74, 6) is 0.348. The van der Waals surface area contributed by atoms with Gasteiger partial charge in [-0.1, -0.05) is 43.7 Å². The summed E-state index contributed by atoms with van der Waals surface area (Å²) in [5.41, 5.74) is 1.12. The first-order valence-corrected chi connectivity index (χ1v) is 9.35. The number of aliphatic hydroxyl groups is 1.